The first-order valence-corrected chi connectivity index (χ1v) is 7.09. The van der Waals surface area contributed by atoms with Gasteiger partial charge in [-0.05, 0) is 42.3 Å². The Hall–Kier alpha value is -2.89. The summed E-state index contributed by atoms with van der Waals surface area (Å²) in [7, 11) is 0. The number of rotatable bonds is 7. The van der Waals surface area contributed by atoms with Crippen molar-refractivity contribution in [3.8, 4) is 5.75 Å². The van der Waals surface area contributed by atoms with Crippen LogP contribution in [0.3, 0.4) is 0 Å². The number of hydrogen-bond donors (Lipinski definition) is 2. The highest BCUT2D eigenvalue weighted by atomic mass is 19.1. The lowest BCUT2D eigenvalue weighted by atomic mass is 10.1. The number of benzene rings is 2. The van der Waals surface area contributed by atoms with Crippen molar-refractivity contribution in [2.75, 3.05) is 11.9 Å². The summed E-state index contributed by atoms with van der Waals surface area (Å²) in [6, 6.07) is 12.9. The molecular weight excluding hydrogens is 299 g/mol. The van der Waals surface area contributed by atoms with Gasteiger partial charge in [-0.25, -0.2) is 4.39 Å². The summed E-state index contributed by atoms with van der Waals surface area (Å²) in [6.07, 6.45) is 0.513. The lowest BCUT2D eigenvalue weighted by Crippen LogP contribution is -2.20. The molecule has 5 nitrogen and oxygen atoms in total. The first-order chi connectivity index (χ1) is 11.0. The van der Waals surface area contributed by atoms with Gasteiger partial charge < -0.3 is 15.8 Å². The molecule has 0 atom stereocenters. The quantitative estimate of drug-likeness (QED) is 0.822. The molecule has 0 unspecified atom stereocenters. The summed E-state index contributed by atoms with van der Waals surface area (Å²) in [6.45, 7) is -0.200. The van der Waals surface area contributed by atoms with Gasteiger partial charge in [-0.15, -0.1) is 0 Å². The Bertz CT molecular complexity index is 686. The van der Waals surface area contributed by atoms with Crippen LogP contribution in [-0.4, -0.2) is 18.4 Å². The number of nitrogens with two attached hydrogens (primary N) is 1. The molecule has 120 valence electrons. The van der Waals surface area contributed by atoms with Crippen LogP contribution in [0.5, 0.6) is 5.75 Å². The van der Waals surface area contributed by atoms with Crippen molar-refractivity contribution in [2.45, 2.75) is 12.8 Å². The van der Waals surface area contributed by atoms with E-state index in [1.807, 2.05) is 0 Å². The SMILES string of the molecule is NC(=O)COc1ccc(NC(=O)CCc2ccccc2F)cc1. The number of nitrogens with one attached hydrogen (secondary N) is 1. The number of anilines is 1. The molecule has 3 N–H and O–H groups in total. The first kappa shape index (κ1) is 16.5. The normalized spacial score (nSPS) is 10.1. The largest absolute Gasteiger partial charge is 0.484 e. The van der Waals surface area contributed by atoms with Gasteiger partial charge in [0.05, 0.1) is 0 Å². The molecule has 0 bridgehead atoms. The van der Waals surface area contributed by atoms with E-state index >= 15 is 0 Å². The van der Waals surface area contributed by atoms with Crippen LogP contribution in [0.2, 0.25) is 0 Å². The van der Waals surface area contributed by atoms with Gasteiger partial charge in [0.25, 0.3) is 5.91 Å². The first-order valence-electron chi connectivity index (χ1n) is 7.09. The number of carbonyl (C=O) groups is 2. The predicted octanol–water partition coefficient (Wildman–Crippen LogP) is 2.26. The molecule has 0 spiro atoms. The van der Waals surface area contributed by atoms with Crippen LogP contribution in [0.1, 0.15) is 12.0 Å². The number of ether oxygens (including phenoxy) is 1. The van der Waals surface area contributed by atoms with Crippen LogP contribution in [-0.2, 0) is 16.0 Å². The van der Waals surface area contributed by atoms with Gasteiger partial charge in [-0.2, -0.15) is 0 Å². The third-order valence-electron chi connectivity index (χ3n) is 3.10. The fourth-order valence-corrected chi connectivity index (χ4v) is 1.96. The number of amides is 2. The molecule has 2 aromatic carbocycles. The van der Waals surface area contributed by atoms with E-state index in [0.29, 0.717) is 23.4 Å². The second-order valence-electron chi connectivity index (χ2n) is 4.92. The predicted molar refractivity (Wildman–Crippen MR) is 84.5 cm³/mol. The van der Waals surface area contributed by atoms with Gasteiger partial charge in [0, 0.05) is 12.1 Å². The molecule has 0 aromatic heterocycles. The fraction of sp³-hybridized carbons (Fsp3) is 0.176. The van der Waals surface area contributed by atoms with Crippen molar-refractivity contribution in [3.63, 3.8) is 0 Å². The number of halogens is 1. The van der Waals surface area contributed by atoms with Crippen LogP contribution in [0.25, 0.3) is 0 Å². The van der Waals surface area contributed by atoms with Crippen molar-refractivity contribution >= 4 is 17.5 Å². The Kier molecular flexibility index (Phi) is 5.68. The second-order valence-corrected chi connectivity index (χ2v) is 4.92. The Labute approximate surface area is 133 Å². The van der Waals surface area contributed by atoms with Gasteiger partial charge in [0.1, 0.15) is 11.6 Å². The Morgan fingerprint density at radius 2 is 1.78 bits per heavy atom. The number of primary amides is 1. The highest BCUT2D eigenvalue weighted by molar-refractivity contribution is 5.90. The zero-order chi connectivity index (χ0) is 16.7. The van der Waals surface area contributed by atoms with E-state index in [-0.39, 0.29) is 24.8 Å². The minimum absolute atomic E-state index is 0.181. The van der Waals surface area contributed by atoms with Gasteiger partial charge in [-0.3, -0.25) is 9.59 Å². The third-order valence-corrected chi connectivity index (χ3v) is 3.10. The maximum Gasteiger partial charge on any atom is 0.255 e. The van der Waals surface area contributed by atoms with Gasteiger partial charge in [-0.1, -0.05) is 18.2 Å². The summed E-state index contributed by atoms with van der Waals surface area (Å²) in [5, 5.41) is 2.72. The smallest absolute Gasteiger partial charge is 0.255 e. The maximum absolute atomic E-state index is 13.5. The van der Waals surface area contributed by atoms with Crippen LogP contribution in [0.15, 0.2) is 48.5 Å². The van der Waals surface area contributed by atoms with Crippen LogP contribution < -0.4 is 15.8 Å². The number of carbonyl (C=O) groups excluding carboxylic acids is 2. The van der Waals surface area contributed by atoms with Crippen molar-refractivity contribution in [1.82, 2.24) is 0 Å². The zero-order valence-corrected chi connectivity index (χ0v) is 12.4. The lowest BCUT2D eigenvalue weighted by Gasteiger charge is -2.08. The van der Waals surface area contributed by atoms with E-state index in [1.54, 1.807) is 42.5 Å². The highest BCUT2D eigenvalue weighted by Gasteiger charge is 2.06. The maximum atomic E-state index is 13.5. The molecular formula is C17H17FN2O3. The minimum Gasteiger partial charge on any atom is -0.484 e. The van der Waals surface area contributed by atoms with E-state index in [0.717, 1.165) is 0 Å². The molecule has 2 aromatic rings. The van der Waals surface area contributed by atoms with Crippen molar-refractivity contribution in [3.05, 3.63) is 59.9 Å². The molecule has 0 radical (unpaired) electrons. The van der Waals surface area contributed by atoms with E-state index in [2.05, 4.69) is 5.32 Å². The summed E-state index contributed by atoms with van der Waals surface area (Å²) >= 11 is 0. The van der Waals surface area contributed by atoms with Gasteiger partial charge >= 0.3 is 0 Å². The van der Waals surface area contributed by atoms with E-state index in [1.165, 1.54) is 6.07 Å². The molecule has 0 saturated carbocycles. The molecule has 0 saturated heterocycles. The molecule has 0 heterocycles. The van der Waals surface area contributed by atoms with E-state index in [9.17, 15) is 14.0 Å². The van der Waals surface area contributed by atoms with E-state index < -0.39 is 5.91 Å². The molecule has 0 aliphatic carbocycles. The third kappa shape index (κ3) is 5.43. The highest BCUT2D eigenvalue weighted by Crippen LogP contribution is 2.16. The second kappa shape index (κ2) is 7.93. The Morgan fingerprint density at radius 3 is 2.43 bits per heavy atom. The van der Waals surface area contributed by atoms with Crippen molar-refractivity contribution in [2.24, 2.45) is 5.73 Å². The monoisotopic (exact) mass is 316 g/mol. The van der Waals surface area contributed by atoms with Crippen molar-refractivity contribution < 1.29 is 18.7 Å². The van der Waals surface area contributed by atoms with Crippen molar-refractivity contribution in [1.29, 1.82) is 0 Å². The number of hydrogen-bond acceptors (Lipinski definition) is 3. The molecule has 0 aliphatic rings. The Morgan fingerprint density at radius 1 is 1.09 bits per heavy atom. The summed E-state index contributed by atoms with van der Waals surface area (Å²) < 4.78 is 18.6. The molecule has 2 rings (SSSR count). The van der Waals surface area contributed by atoms with E-state index in [4.69, 9.17) is 10.5 Å². The van der Waals surface area contributed by atoms with Crippen LogP contribution >= 0.6 is 0 Å². The number of aryl methyl sites for hydroxylation is 1. The topological polar surface area (TPSA) is 81.4 Å². The van der Waals surface area contributed by atoms with Crippen LogP contribution in [0.4, 0.5) is 10.1 Å². The van der Waals surface area contributed by atoms with Gasteiger partial charge in [0.15, 0.2) is 6.61 Å². The summed E-state index contributed by atoms with van der Waals surface area (Å²) in [4.78, 5) is 22.5. The average molecular weight is 316 g/mol. The molecule has 2 amide bonds. The lowest BCUT2D eigenvalue weighted by molar-refractivity contribution is -0.120. The fourth-order valence-electron chi connectivity index (χ4n) is 1.96. The zero-order valence-electron chi connectivity index (χ0n) is 12.4. The molecule has 6 heteroatoms. The Balaban J connectivity index is 1.83. The summed E-state index contributed by atoms with van der Waals surface area (Å²) in [5.41, 5.74) is 6.08. The molecule has 23 heavy (non-hydrogen) atoms. The van der Waals surface area contributed by atoms with Gasteiger partial charge in [0.2, 0.25) is 5.91 Å². The average Bonchev–Trinajstić information content (AvgIpc) is 2.53. The minimum atomic E-state index is -0.560. The molecule has 0 aliphatic heterocycles. The van der Waals surface area contributed by atoms with Crippen LogP contribution in [0, 0.1) is 5.82 Å². The standard InChI is InChI=1S/C17H17FN2O3/c18-15-4-2-1-3-12(15)5-10-17(22)20-13-6-8-14(9-7-13)23-11-16(19)21/h1-4,6-9H,5,10-11H2,(H2,19,21)(H,20,22). The molecule has 0 fully saturated rings. The summed E-state index contributed by atoms with van der Waals surface area (Å²) in [5.74, 6) is -0.598.